The van der Waals surface area contributed by atoms with E-state index >= 15 is 0 Å². The van der Waals surface area contributed by atoms with Gasteiger partial charge in [0.15, 0.2) is 29.0 Å². The summed E-state index contributed by atoms with van der Waals surface area (Å²) in [6, 6.07) is 17.7. The van der Waals surface area contributed by atoms with Gasteiger partial charge in [-0.05, 0) is 36.6 Å². The van der Waals surface area contributed by atoms with E-state index in [1.54, 1.807) is 74.5 Å². The molecule has 1 unspecified atom stereocenters. The van der Waals surface area contributed by atoms with Gasteiger partial charge in [0.1, 0.15) is 18.3 Å². The first-order valence-electron chi connectivity index (χ1n) is 15.9. The molecule has 2 fully saturated rings. The lowest BCUT2D eigenvalue weighted by Gasteiger charge is -2.28. The number of ether oxygens (including phenoxy) is 4. The fourth-order valence-corrected chi connectivity index (χ4v) is 7.43. The molecule has 0 bridgehead atoms. The van der Waals surface area contributed by atoms with Crippen molar-refractivity contribution in [2.75, 3.05) is 11.9 Å². The largest absolute Gasteiger partial charge is 0.465 e. The van der Waals surface area contributed by atoms with Crippen LogP contribution in [0.2, 0.25) is 5.28 Å². The van der Waals surface area contributed by atoms with Gasteiger partial charge in [0.05, 0.1) is 26.1 Å². The molecule has 276 valence electrons. The van der Waals surface area contributed by atoms with Gasteiger partial charge in [-0.2, -0.15) is 9.97 Å². The number of rotatable bonds is 13. The van der Waals surface area contributed by atoms with E-state index in [9.17, 15) is 24.1 Å². The number of aromatic nitrogens is 4. The van der Waals surface area contributed by atoms with Crippen LogP contribution < -0.4 is 16.2 Å². The lowest BCUT2D eigenvalue weighted by molar-refractivity contribution is -0.202. The van der Waals surface area contributed by atoms with Crippen molar-refractivity contribution in [2.24, 2.45) is 0 Å². The second kappa shape index (κ2) is 15.6. The van der Waals surface area contributed by atoms with Crippen molar-refractivity contribution in [1.29, 1.82) is 0 Å². The van der Waals surface area contributed by atoms with E-state index in [-0.39, 0.29) is 35.5 Å². The predicted molar refractivity (Wildman–Crippen MR) is 181 cm³/mol. The van der Waals surface area contributed by atoms with E-state index < -0.39 is 68.3 Å². The number of carboxylic acid groups (broad SMARTS) is 1. The topological polar surface area (TPSA) is 224 Å². The summed E-state index contributed by atoms with van der Waals surface area (Å²) in [5, 5.41) is 11.2. The third kappa shape index (κ3) is 8.57. The molecule has 2 aliphatic rings. The number of benzene rings is 2. The molecule has 20 heteroatoms. The minimum Gasteiger partial charge on any atom is -0.465 e. The maximum atomic E-state index is 14.7. The number of halogens is 1. The SMILES string of the molecule is CC(=O)NNC(=O)C(OC[C@H]1O[C@@H](n2cnc3c(NC(=O)O)nc(Cl)nc32)[C@@H]2OC(C)(C)O[C@@H]21)P(=O)(OCc1ccccc1)OCc1ccccc1. The Kier molecular flexibility index (Phi) is 11.2. The van der Waals surface area contributed by atoms with Crippen LogP contribution >= 0.6 is 19.2 Å². The molecule has 4 heterocycles. The minimum atomic E-state index is -4.52. The van der Waals surface area contributed by atoms with Crippen LogP contribution in [0.15, 0.2) is 67.0 Å². The molecule has 52 heavy (non-hydrogen) atoms. The van der Waals surface area contributed by atoms with Crippen LogP contribution in [0.3, 0.4) is 0 Å². The number of nitrogens with zero attached hydrogens (tertiary/aromatic N) is 4. The Hall–Kier alpha value is -4.52. The molecule has 4 N–H and O–H groups in total. The summed E-state index contributed by atoms with van der Waals surface area (Å²) < 4.78 is 52.8. The molecule has 4 aromatic rings. The highest BCUT2D eigenvalue weighted by molar-refractivity contribution is 7.55. The highest BCUT2D eigenvalue weighted by atomic mass is 35.5. The first-order valence-corrected chi connectivity index (χ1v) is 17.9. The molecule has 2 saturated heterocycles. The number of nitrogens with one attached hydrogen (secondary N) is 3. The van der Waals surface area contributed by atoms with Gasteiger partial charge in [-0.25, -0.2) is 9.78 Å². The summed E-state index contributed by atoms with van der Waals surface area (Å²) in [6.45, 7) is 3.78. The summed E-state index contributed by atoms with van der Waals surface area (Å²) in [5.41, 5.74) is 5.91. The van der Waals surface area contributed by atoms with Crippen molar-refractivity contribution < 1.29 is 52.1 Å². The van der Waals surface area contributed by atoms with Gasteiger partial charge in [-0.15, -0.1) is 0 Å². The van der Waals surface area contributed by atoms with Gasteiger partial charge in [-0.3, -0.25) is 34.9 Å². The minimum absolute atomic E-state index is 0.0894. The summed E-state index contributed by atoms with van der Waals surface area (Å²) in [5.74, 6) is -4.76. The standard InChI is InChI=1S/C32H35ClN7O11P/c1-18(41)38-39-27(42)29(52(45,47-14-19-10-6-4-7-11-19)48-15-20-12-8-5-9-13-20)46-16-21-23-24(51-32(2,3)50-23)28(49-21)40-17-34-22-25(36-31(43)44)35-30(33)37-26(22)40/h4-13,17,21,23-24,28-29H,14-16H2,1-3H3,(H,38,41)(H,39,42)(H,43,44)(H,35,36,37)/t21-,23-,24-,28-,29?/m1/s1. The molecule has 18 nitrogen and oxygen atoms in total. The number of hydrogen-bond donors (Lipinski definition) is 4. The van der Waals surface area contributed by atoms with Gasteiger partial charge in [-0.1, -0.05) is 60.7 Å². The van der Waals surface area contributed by atoms with Gasteiger partial charge in [0.2, 0.25) is 17.0 Å². The monoisotopic (exact) mass is 759 g/mol. The van der Waals surface area contributed by atoms with Crippen LogP contribution in [0.5, 0.6) is 0 Å². The number of fused-ring (bicyclic) bond motifs is 2. The molecule has 0 spiro atoms. The molecule has 2 aromatic heterocycles. The van der Waals surface area contributed by atoms with Crippen LogP contribution in [0.25, 0.3) is 11.2 Å². The molecule has 3 amide bonds. The zero-order valence-electron chi connectivity index (χ0n) is 28.0. The zero-order valence-corrected chi connectivity index (χ0v) is 29.7. The zero-order chi connectivity index (χ0) is 37.0. The average molecular weight is 760 g/mol. The quantitative estimate of drug-likeness (QED) is 0.0855. The molecular formula is C32H35ClN7O11P. The first-order chi connectivity index (χ1) is 24.8. The van der Waals surface area contributed by atoms with E-state index in [1.165, 1.54) is 17.8 Å². The van der Waals surface area contributed by atoms with Crippen LogP contribution in [-0.4, -0.2) is 79.1 Å². The summed E-state index contributed by atoms with van der Waals surface area (Å²) in [7, 11) is -4.52. The van der Waals surface area contributed by atoms with Crippen molar-refractivity contribution in [3.63, 3.8) is 0 Å². The van der Waals surface area contributed by atoms with Crippen molar-refractivity contribution in [1.82, 2.24) is 30.4 Å². The summed E-state index contributed by atoms with van der Waals surface area (Å²) >= 11 is 6.13. The number of hydrogen-bond acceptors (Lipinski definition) is 13. The van der Waals surface area contributed by atoms with Crippen LogP contribution in [0, 0.1) is 0 Å². The fourth-order valence-electron chi connectivity index (χ4n) is 5.64. The first kappa shape index (κ1) is 37.2. The number of imidazole rings is 1. The normalized spacial score (nSPS) is 21.4. The van der Waals surface area contributed by atoms with Gasteiger partial charge < -0.3 is 33.1 Å². The van der Waals surface area contributed by atoms with E-state index in [4.69, 9.17) is 39.6 Å². The number of anilines is 1. The number of carbonyl (C=O) groups excluding carboxylic acids is 2. The van der Waals surface area contributed by atoms with Gasteiger partial charge in [0.25, 0.3) is 5.91 Å². The van der Waals surface area contributed by atoms with E-state index in [0.717, 1.165) is 0 Å². The Morgan fingerprint density at radius 1 is 0.981 bits per heavy atom. The highest BCUT2D eigenvalue weighted by Crippen LogP contribution is 2.55. The van der Waals surface area contributed by atoms with E-state index in [2.05, 4.69) is 31.1 Å². The van der Waals surface area contributed by atoms with Gasteiger partial charge >= 0.3 is 13.7 Å². The van der Waals surface area contributed by atoms with Crippen molar-refractivity contribution >= 4 is 54.1 Å². The molecule has 6 rings (SSSR count). The van der Waals surface area contributed by atoms with Crippen LogP contribution in [0.1, 0.15) is 38.1 Å². The van der Waals surface area contributed by atoms with E-state index in [0.29, 0.717) is 11.1 Å². The molecule has 0 aliphatic carbocycles. The fraction of sp³-hybridized carbons (Fsp3) is 0.375. The molecule has 0 radical (unpaired) electrons. The van der Waals surface area contributed by atoms with Crippen molar-refractivity contribution in [2.45, 2.75) is 70.2 Å². The maximum Gasteiger partial charge on any atom is 0.410 e. The van der Waals surface area contributed by atoms with Crippen molar-refractivity contribution in [3.05, 3.63) is 83.4 Å². The Morgan fingerprint density at radius 2 is 1.60 bits per heavy atom. The smallest absolute Gasteiger partial charge is 0.410 e. The predicted octanol–water partition coefficient (Wildman–Crippen LogP) is 4.12. The molecular weight excluding hydrogens is 725 g/mol. The Morgan fingerprint density at radius 3 is 2.19 bits per heavy atom. The molecule has 2 aliphatic heterocycles. The lowest BCUT2D eigenvalue weighted by Crippen LogP contribution is -2.47. The third-order valence-corrected chi connectivity index (χ3v) is 9.92. The van der Waals surface area contributed by atoms with Gasteiger partial charge in [0, 0.05) is 6.92 Å². The maximum absolute atomic E-state index is 14.7. The molecule has 2 aromatic carbocycles. The second-order valence-corrected chi connectivity index (χ2v) is 14.5. The number of hydrazine groups is 1. The molecule has 0 saturated carbocycles. The third-order valence-electron chi connectivity index (χ3n) is 7.82. The van der Waals surface area contributed by atoms with Crippen molar-refractivity contribution in [3.8, 4) is 0 Å². The molecule has 5 atom stereocenters. The summed E-state index contributed by atoms with van der Waals surface area (Å²) in [4.78, 5) is 49.2. The Balaban J connectivity index is 1.30. The number of carbonyl (C=O) groups is 3. The lowest BCUT2D eigenvalue weighted by atomic mass is 10.1. The summed E-state index contributed by atoms with van der Waals surface area (Å²) in [6.07, 6.45) is -3.57. The van der Waals surface area contributed by atoms with Crippen LogP contribution in [-0.2, 0) is 55.4 Å². The number of amides is 3. The van der Waals surface area contributed by atoms with E-state index in [1.807, 2.05) is 0 Å². The Labute approximate surface area is 301 Å². The average Bonchev–Trinajstić information content (AvgIpc) is 3.77. The Bertz CT molecular complexity index is 1920. The van der Waals surface area contributed by atoms with Crippen LogP contribution in [0.4, 0.5) is 10.6 Å². The highest BCUT2D eigenvalue weighted by Gasteiger charge is 2.57. The second-order valence-electron chi connectivity index (χ2n) is 12.1.